The lowest BCUT2D eigenvalue weighted by atomic mass is 10.0. The number of nitrogens with two attached hydrogens (primary N) is 1. The third kappa shape index (κ3) is 1.64. The van der Waals surface area contributed by atoms with E-state index in [4.69, 9.17) is 10.8 Å². The van der Waals surface area contributed by atoms with Gasteiger partial charge in [-0.2, -0.15) is 0 Å². The molecule has 1 aromatic rings. The van der Waals surface area contributed by atoms with Crippen molar-refractivity contribution in [2.24, 2.45) is 10.7 Å². The fourth-order valence-corrected chi connectivity index (χ4v) is 2.74. The minimum absolute atomic E-state index is 0.0112. The highest BCUT2D eigenvalue weighted by atomic mass is 19.3. The molecule has 6 nitrogen and oxygen atoms in total. The zero-order chi connectivity index (χ0) is 14.7. The number of hydrogen-bond donors (Lipinski definition) is 2. The Kier molecular flexibility index (Phi) is 2.47. The Morgan fingerprint density at radius 1 is 1.60 bits per heavy atom. The van der Waals surface area contributed by atoms with Crippen LogP contribution in [0.3, 0.4) is 0 Å². The zero-order valence-corrected chi connectivity index (χ0v) is 10.5. The van der Waals surface area contributed by atoms with Gasteiger partial charge in [-0.25, -0.2) is 23.6 Å². The summed E-state index contributed by atoms with van der Waals surface area (Å²) in [7, 11) is 0. The Labute approximate surface area is 112 Å². The molecule has 0 saturated carbocycles. The fraction of sp³-hybridized carbons (Fsp3) is 0.417. The second-order valence-electron chi connectivity index (χ2n) is 4.97. The molecule has 1 saturated heterocycles. The molecular weight excluding hydrogens is 270 g/mol. The van der Waals surface area contributed by atoms with Crippen LogP contribution >= 0.6 is 0 Å². The second-order valence-corrected chi connectivity index (χ2v) is 4.97. The standard InChI is InChI=1S/C12H12F2N4O2/c1-5-12(13,14)3-9-6-2-7(10(19)20)16-4-8(6)17-11(15)18(5)9/h2,4-5,9H,3H2,1H3,(H2,15,17)(H,19,20)/t5-,9+/m0/s1. The Bertz CT molecular complexity index is 632. The number of aromatic nitrogens is 1. The topological polar surface area (TPSA) is 91.8 Å². The molecule has 0 amide bonds. The molecule has 2 aliphatic rings. The van der Waals surface area contributed by atoms with Gasteiger partial charge in [-0.1, -0.05) is 0 Å². The third-order valence-corrected chi connectivity index (χ3v) is 3.82. The Morgan fingerprint density at radius 3 is 2.95 bits per heavy atom. The molecule has 3 heterocycles. The molecule has 1 fully saturated rings. The van der Waals surface area contributed by atoms with Crippen molar-refractivity contribution in [2.75, 3.05) is 0 Å². The summed E-state index contributed by atoms with van der Waals surface area (Å²) in [6, 6.07) is -0.459. The van der Waals surface area contributed by atoms with Gasteiger partial charge < -0.3 is 15.7 Å². The normalized spacial score (nSPS) is 26.8. The number of carbonyl (C=O) groups is 1. The van der Waals surface area contributed by atoms with E-state index in [1.165, 1.54) is 24.1 Å². The first kappa shape index (κ1) is 12.8. The predicted molar refractivity (Wildman–Crippen MR) is 66.1 cm³/mol. The molecular formula is C12H12F2N4O2. The van der Waals surface area contributed by atoms with Crippen LogP contribution in [0.25, 0.3) is 0 Å². The van der Waals surface area contributed by atoms with Crippen LogP contribution in [0.5, 0.6) is 0 Å². The maximum Gasteiger partial charge on any atom is 0.354 e. The van der Waals surface area contributed by atoms with E-state index in [1.807, 2.05) is 0 Å². The van der Waals surface area contributed by atoms with Crippen LogP contribution in [0.2, 0.25) is 0 Å². The van der Waals surface area contributed by atoms with E-state index in [2.05, 4.69) is 9.98 Å². The lowest BCUT2D eigenvalue weighted by Gasteiger charge is -2.33. The quantitative estimate of drug-likeness (QED) is 0.814. The van der Waals surface area contributed by atoms with Crippen molar-refractivity contribution in [2.45, 2.75) is 31.4 Å². The first-order valence-corrected chi connectivity index (χ1v) is 6.05. The average Bonchev–Trinajstić information content (AvgIpc) is 2.61. The number of aromatic carboxylic acids is 1. The van der Waals surface area contributed by atoms with Crippen molar-refractivity contribution in [1.82, 2.24) is 9.88 Å². The van der Waals surface area contributed by atoms with Gasteiger partial charge >= 0.3 is 5.97 Å². The molecule has 20 heavy (non-hydrogen) atoms. The average molecular weight is 282 g/mol. The molecule has 2 aliphatic heterocycles. The fourth-order valence-electron chi connectivity index (χ4n) is 2.74. The third-order valence-electron chi connectivity index (χ3n) is 3.82. The van der Waals surface area contributed by atoms with Crippen LogP contribution in [0.15, 0.2) is 17.3 Å². The number of rotatable bonds is 1. The lowest BCUT2D eigenvalue weighted by molar-refractivity contribution is -0.0169. The van der Waals surface area contributed by atoms with E-state index in [9.17, 15) is 13.6 Å². The van der Waals surface area contributed by atoms with Gasteiger partial charge in [-0.3, -0.25) is 0 Å². The molecule has 3 N–H and O–H groups in total. The van der Waals surface area contributed by atoms with E-state index in [-0.39, 0.29) is 11.7 Å². The molecule has 0 spiro atoms. The van der Waals surface area contributed by atoms with Crippen molar-refractivity contribution >= 4 is 17.6 Å². The van der Waals surface area contributed by atoms with Crippen LogP contribution < -0.4 is 5.73 Å². The molecule has 0 unspecified atom stereocenters. The number of carboxylic acids is 1. The van der Waals surface area contributed by atoms with Crippen molar-refractivity contribution in [1.29, 1.82) is 0 Å². The molecule has 0 bridgehead atoms. The van der Waals surface area contributed by atoms with Gasteiger partial charge in [0.05, 0.1) is 24.0 Å². The molecule has 8 heteroatoms. The first-order chi connectivity index (χ1) is 9.31. The second kappa shape index (κ2) is 3.87. The Balaban J connectivity index is 2.14. The number of halogens is 2. The van der Waals surface area contributed by atoms with Crippen LogP contribution in [-0.4, -0.2) is 38.9 Å². The maximum atomic E-state index is 13.9. The highest BCUT2D eigenvalue weighted by molar-refractivity contribution is 5.88. The summed E-state index contributed by atoms with van der Waals surface area (Å²) >= 11 is 0. The number of carboxylic acid groups (broad SMARTS) is 1. The zero-order valence-electron chi connectivity index (χ0n) is 10.5. The molecule has 0 radical (unpaired) electrons. The van der Waals surface area contributed by atoms with Crippen LogP contribution in [-0.2, 0) is 0 Å². The van der Waals surface area contributed by atoms with E-state index in [0.29, 0.717) is 11.3 Å². The highest BCUT2D eigenvalue weighted by Crippen LogP contribution is 2.49. The minimum atomic E-state index is -2.90. The molecule has 2 atom stereocenters. The number of guanidine groups is 1. The van der Waals surface area contributed by atoms with Gasteiger partial charge in [-0.15, -0.1) is 0 Å². The van der Waals surface area contributed by atoms with Gasteiger partial charge in [0, 0.05) is 12.0 Å². The summed E-state index contributed by atoms with van der Waals surface area (Å²) in [5, 5.41) is 8.95. The summed E-state index contributed by atoms with van der Waals surface area (Å²) in [5.41, 5.74) is 6.32. The minimum Gasteiger partial charge on any atom is -0.477 e. The van der Waals surface area contributed by atoms with Gasteiger partial charge in [0.2, 0.25) is 0 Å². The highest BCUT2D eigenvalue weighted by Gasteiger charge is 2.54. The summed E-state index contributed by atoms with van der Waals surface area (Å²) in [6.07, 6.45) is 0.838. The summed E-state index contributed by atoms with van der Waals surface area (Å²) in [4.78, 5) is 20.1. The molecule has 0 aliphatic carbocycles. The molecule has 1 aromatic heterocycles. The largest absolute Gasteiger partial charge is 0.477 e. The SMILES string of the molecule is C[C@@H]1N2C(N)=Nc3cnc(C(=O)O)cc3[C@H]2CC1(F)F. The monoisotopic (exact) mass is 282 g/mol. The van der Waals surface area contributed by atoms with Crippen molar-refractivity contribution < 1.29 is 18.7 Å². The number of aliphatic imine (C=N–C) groups is 1. The molecule has 3 rings (SSSR count). The summed E-state index contributed by atoms with van der Waals surface area (Å²) < 4.78 is 27.8. The van der Waals surface area contributed by atoms with E-state index in [0.717, 1.165) is 0 Å². The van der Waals surface area contributed by atoms with Gasteiger partial charge in [-0.05, 0) is 13.0 Å². The van der Waals surface area contributed by atoms with Crippen LogP contribution in [0.1, 0.15) is 35.4 Å². The van der Waals surface area contributed by atoms with Crippen molar-refractivity contribution in [3.8, 4) is 0 Å². The van der Waals surface area contributed by atoms with Gasteiger partial charge in [0.1, 0.15) is 5.69 Å². The maximum absolute atomic E-state index is 13.9. The predicted octanol–water partition coefficient (Wildman–Crippen LogP) is 1.51. The number of fused-ring (bicyclic) bond motifs is 3. The summed E-state index contributed by atoms with van der Waals surface area (Å²) in [6.45, 7) is 1.38. The first-order valence-electron chi connectivity index (χ1n) is 6.05. The van der Waals surface area contributed by atoms with E-state index >= 15 is 0 Å². The van der Waals surface area contributed by atoms with Gasteiger partial charge in [0.15, 0.2) is 5.96 Å². The van der Waals surface area contributed by atoms with E-state index in [1.54, 1.807) is 0 Å². The molecule has 0 aromatic carbocycles. The number of pyridine rings is 1. The smallest absolute Gasteiger partial charge is 0.354 e. The van der Waals surface area contributed by atoms with Crippen molar-refractivity contribution in [3.05, 3.63) is 23.5 Å². The Morgan fingerprint density at radius 2 is 2.30 bits per heavy atom. The van der Waals surface area contributed by atoms with Crippen LogP contribution in [0, 0.1) is 0 Å². The van der Waals surface area contributed by atoms with E-state index < -0.39 is 30.4 Å². The lowest BCUT2D eigenvalue weighted by Crippen LogP contribution is -2.45. The van der Waals surface area contributed by atoms with Crippen molar-refractivity contribution in [3.63, 3.8) is 0 Å². The number of hydrogen-bond acceptors (Lipinski definition) is 5. The number of alkyl halides is 2. The Hall–Kier alpha value is -2.25. The number of nitrogens with zero attached hydrogens (tertiary/aromatic N) is 3. The summed E-state index contributed by atoms with van der Waals surface area (Å²) in [5.74, 6) is -4.10. The van der Waals surface area contributed by atoms with Gasteiger partial charge in [0.25, 0.3) is 5.92 Å². The molecule has 106 valence electrons. The van der Waals surface area contributed by atoms with Crippen LogP contribution in [0.4, 0.5) is 14.5 Å².